The summed E-state index contributed by atoms with van der Waals surface area (Å²) in [5.41, 5.74) is 2.94. The maximum Gasteiger partial charge on any atom is 0.329 e. The van der Waals surface area contributed by atoms with Crippen molar-refractivity contribution in [1.82, 2.24) is 15.8 Å². The predicted molar refractivity (Wildman–Crippen MR) is 93.8 cm³/mol. The maximum absolute atomic E-state index is 11.7. The number of nitrogens with one attached hydrogen (secondary N) is 2. The summed E-state index contributed by atoms with van der Waals surface area (Å²) >= 11 is 0. The van der Waals surface area contributed by atoms with Crippen LogP contribution in [0.5, 0.6) is 0 Å². The van der Waals surface area contributed by atoms with Gasteiger partial charge in [0.1, 0.15) is 0 Å². The minimum absolute atomic E-state index is 0.0298. The van der Waals surface area contributed by atoms with Crippen LogP contribution in [0.15, 0.2) is 0 Å². The molecule has 2 N–H and O–H groups in total. The Morgan fingerprint density at radius 1 is 0.818 bits per heavy atom. The number of hydrazine groups is 1. The molecule has 0 saturated carbocycles. The molecule has 1 rings (SSSR count). The molecule has 1 aliphatic heterocycles. The van der Waals surface area contributed by atoms with Crippen molar-refractivity contribution in [2.24, 2.45) is 0 Å². The van der Waals surface area contributed by atoms with E-state index in [1.807, 2.05) is 5.01 Å². The number of piperidine rings is 1. The number of urea groups is 1. The molecule has 0 unspecified atom stereocenters. The van der Waals surface area contributed by atoms with Gasteiger partial charge in [-0.05, 0) is 19.3 Å². The zero-order valence-corrected chi connectivity index (χ0v) is 14.7. The molecule has 0 aromatic heterocycles. The first-order valence-corrected chi connectivity index (χ1v) is 9.62. The van der Waals surface area contributed by atoms with Crippen molar-refractivity contribution < 1.29 is 4.79 Å². The van der Waals surface area contributed by atoms with Crippen molar-refractivity contribution in [1.29, 1.82) is 0 Å². The summed E-state index contributed by atoms with van der Waals surface area (Å²) < 4.78 is 0. The number of rotatable bonds is 12. The second-order valence-electron chi connectivity index (χ2n) is 6.60. The van der Waals surface area contributed by atoms with Crippen LogP contribution in [-0.2, 0) is 0 Å². The molecule has 1 fully saturated rings. The van der Waals surface area contributed by atoms with E-state index in [1.165, 1.54) is 77.0 Å². The fraction of sp³-hybridized carbons (Fsp3) is 0.944. The molecule has 4 nitrogen and oxygen atoms in total. The molecule has 1 saturated heterocycles. The largest absolute Gasteiger partial charge is 0.337 e. The van der Waals surface area contributed by atoms with Gasteiger partial charge in [0.2, 0.25) is 0 Å². The molecule has 0 aliphatic carbocycles. The third-order valence-corrected chi connectivity index (χ3v) is 4.43. The van der Waals surface area contributed by atoms with E-state index < -0.39 is 0 Å². The second-order valence-corrected chi connectivity index (χ2v) is 6.60. The lowest BCUT2D eigenvalue weighted by Gasteiger charge is -2.26. The van der Waals surface area contributed by atoms with Crippen LogP contribution in [0.3, 0.4) is 0 Å². The number of unbranched alkanes of at least 4 members (excludes halogenated alkanes) is 9. The Bertz CT molecular complexity index is 265. The van der Waals surface area contributed by atoms with Crippen molar-refractivity contribution in [3.8, 4) is 0 Å². The average molecular weight is 312 g/mol. The van der Waals surface area contributed by atoms with Crippen LogP contribution in [0.4, 0.5) is 4.79 Å². The summed E-state index contributed by atoms with van der Waals surface area (Å²) in [5, 5.41) is 5.00. The highest BCUT2D eigenvalue weighted by Crippen LogP contribution is 2.10. The van der Waals surface area contributed by atoms with E-state index in [-0.39, 0.29) is 6.03 Å². The minimum Gasteiger partial charge on any atom is -0.337 e. The van der Waals surface area contributed by atoms with Gasteiger partial charge >= 0.3 is 6.03 Å². The highest BCUT2D eigenvalue weighted by atomic mass is 16.2. The molecule has 0 bridgehead atoms. The van der Waals surface area contributed by atoms with Gasteiger partial charge in [-0.3, -0.25) is 5.43 Å². The van der Waals surface area contributed by atoms with Gasteiger partial charge in [-0.15, -0.1) is 0 Å². The highest BCUT2D eigenvalue weighted by molar-refractivity contribution is 5.73. The van der Waals surface area contributed by atoms with Gasteiger partial charge in [-0.1, -0.05) is 71.1 Å². The molecule has 0 atom stereocenters. The second kappa shape index (κ2) is 13.9. The SMILES string of the molecule is CCCCCCCCCCCCNC(=O)NN1CCCCC1. The van der Waals surface area contributed by atoms with Crippen LogP contribution < -0.4 is 10.7 Å². The van der Waals surface area contributed by atoms with Crippen molar-refractivity contribution in [3.05, 3.63) is 0 Å². The zero-order chi connectivity index (χ0) is 15.9. The van der Waals surface area contributed by atoms with Gasteiger partial charge in [0.05, 0.1) is 0 Å². The Hall–Kier alpha value is -0.770. The number of carbonyl (C=O) groups is 1. The standard InChI is InChI=1S/C18H37N3O/c1-2-3-4-5-6-7-8-9-10-12-15-19-18(22)20-21-16-13-11-14-17-21/h2-17H2,1H3,(H2,19,20,22). The van der Waals surface area contributed by atoms with Gasteiger partial charge in [0, 0.05) is 19.6 Å². The van der Waals surface area contributed by atoms with E-state index in [0.29, 0.717) is 0 Å². The van der Waals surface area contributed by atoms with Crippen molar-refractivity contribution in [2.45, 2.75) is 90.4 Å². The summed E-state index contributed by atoms with van der Waals surface area (Å²) in [6, 6.07) is -0.0298. The summed E-state index contributed by atoms with van der Waals surface area (Å²) in [6.45, 7) is 5.05. The van der Waals surface area contributed by atoms with Gasteiger partial charge in [0.15, 0.2) is 0 Å². The Kier molecular flexibility index (Phi) is 12.1. The van der Waals surface area contributed by atoms with Crippen LogP contribution in [0.25, 0.3) is 0 Å². The van der Waals surface area contributed by atoms with Crippen molar-refractivity contribution >= 4 is 6.03 Å². The Morgan fingerprint density at radius 3 is 1.95 bits per heavy atom. The minimum atomic E-state index is -0.0298. The molecule has 2 amide bonds. The monoisotopic (exact) mass is 311 g/mol. The van der Waals surface area contributed by atoms with Gasteiger partial charge in [-0.2, -0.15) is 0 Å². The zero-order valence-electron chi connectivity index (χ0n) is 14.7. The first kappa shape index (κ1) is 19.3. The van der Waals surface area contributed by atoms with Crippen LogP contribution in [0.1, 0.15) is 90.4 Å². The van der Waals surface area contributed by atoms with Gasteiger partial charge in [0.25, 0.3) is 0 Å². The third-order valence-electron chi connectivity index (χ3n) is 4.43. The van der Waals surface area contributed by atoms with E-state index >= 15 is 0 Å². The number of nitrogens with zero attached hydrogens (tertiary/aromatic N) is 1. The van der Waals surface area contributed by atoms with Crippen LogP contribution >= 0.6 is 0 Å². The van der Waals surface area contributed by atoms with Crippen LogP contribution in [0, 0.1) is 0 Å². The van der Waals surface area contributed by atoms with Gasteiger partial charge < -0.3 is 5.32 Å². The predicted octanol–water partition coefficient (Wildman–Crippen LogP) is 4.61. The molecule has 0 aromatic carbocycles. The Balaban J connectivity index is 1.79. The normalized spacial score (nSPS) is 15.7. The summed E-state index contributed by atoms with van der Waals surface area (Å²) in [7, 11) is 0. The number of hydrogen-bond donors (Lipinski definition) is 2. The molecule has 22 heavy (non-hydrogen) atoms. The van der Waals surface area contributed by atoms with E-state index in [9.17, 15) is 4.79 Å². The molecule has 0 spiro atoms. The van der Waals surface area contributed by atoms with E-state index in [4.69, 9.17) is 0 Å². The molecule has 130 valence electrons. The maximum atomic E-state index is 11.7. The molecule has 4 heteroatoms. The molecule has 0 radical (unpaired) electrons. The third kappa shape index (κ3) is 10.9. The fourth-order valence-corrected chi connectivity index (χ4v) is 3.00. The van der Waals surface area contributed by atoms with Crippen LogP contribution in [-0.4, -0.2) is 30.7 Å². The van der Waals surface area contributed by atoms with Crippen LogP contribution in [0.2, 0.25) is 0 Å². The average Bonchev–Trinajstić information content (AvgIpc) is 2.53. The molecule has 1 aliphatic rings. The molecule has 1 heterocycles. The van der Waals surface area contributed by atoms with E-state index in [2.05, 4.69) is 17.7 Å². The number of hydrogen-bond acceptors (Lipinski definition) is 2. The van der Waals surface area contributed by atoms with E-state index in [0.717, 1.165) is 26.1 Å². The van der Waals surface area contributed by atoms with Crippen molar-refractivity contribution in [3.63, 3.8) is 0 Å². The van der Waals surface area contributed by atoms with Crippen molar-refractivity contribution in [2.75, 3.05) is 19.6 Å². The van der Waals surface area contributed by atoms with Gasteiger partial charge in [-0.25, -0.2) is 9.80 Å². The Morgan fingerprint density at radius 2 is 1.36 bits per heavy atom. The molecular formula is C18H37N3O. The molecule has 0 aromatic rings. The fourth-order valence-electron chi connectivity index (χ4n) is 3.00. The number of amides is 2. The first-order chi connectivity index (χ1) is 10.8. The smallest absolute Gasteiger partial charge is 0.329 e. The first-order valence-electron chi connectivity index (χ1n) is 9.62. The quantitative estimate of drug-likeness (QED) is 0.517. The highest BCUT2D eigenvalue weighted by Gasteiger charge is 2.11. The number of carbonyl (C=O) groups excluding carboxylic acids is 1. The lowest BCUT2D eigenvalue weighted by molar-refractivity contribution is 0.155. The molecular weight excluding hydrogens is 274 g/mol. The lowest BCUT2D eigenvalue weighted by Crippen LogP contribution is -2.49. The summed E-state index contributed by atoms with van der Waals surface area (Å²) in [6.07, 6.45) is 17.0. The topological polar surface area (TPSA) is 44.4 Å². The van der Waals surface area contributed by atoms with E-state index in [1.54, 1.807) is 0 Å². The Labute approximate surface area is 137 Å². The summed E-state index contributed by atoms with van der Waals surface area (Å²) in [5.74, 6) is 0. The lowest BCUT2D eigenvalue weighted by atomic mass is 10.1. The summed E-state index contributed by atoms with van der Waals surface area (Å²) in [4.78, 5) is 11.7.